The zero-order chi connectivity index (χ0) is 23.3. The Hall–Kier alpha value is -2.93. The van der Waals surface area contributed by atoms with Gasteiger partial charge in [0.05, 0.1) is 39.5 Å². The van der Waals surface area contributed by atoms with E-state index in [0.29, 0.717) is 24.5 Å². The highest BCUT2D eigenvalue weighted by atomic mass is 16.5. The summed E-state index contributed by atoms with van der Waals surface area (Å²) in [6.07, 6.45) is 1.08. The molecule has 2 aromatic rings. The van der Waals surface area contributed by atoms with Crippen molar-refractivity contribution in [2.45, 2.75) is 32.8 Å². The van der Waals surface area contributed by atoms with Crippen molar-refractivity contribution in [3.8, 4) is 23.0 Å². The Morgan fingerprint density at radius 2 is 1.75 bits per heavy atom. The summed E-state index contributed by atoms with van der Waals surface area (Å²) in [5.74, 6) is 0.551. The highest BCUT2D eigenvalue weighted by Gasteiger charge is 2.39. The molecule has 7 nitrogen and oxygen atoms in total. The van der Waals surface area contributed by atoms with E-state index in [-0.39, 0.29) is 47.9 Å². The number of aromatic hydroxyl groups is 2. The zero-order valence-corrected chi connectivity index (χ0v) is 19.0. The number of benzene rings is 2. The van der Waals surface area contributed by atoms with Crippen molar-refractivity contribution in [3.63, 3.8) is 0 Å². The Morgan fingerprint density at radius 1 is 1.09 bits per heavy atom. The van der Waals surface area contributed by atoms with Gasteiger partial charge in [0.1, 0.15) is 0 Å². The van der Waals surface area contributed by atoms with Gasteiger partial charge in [-0.05, 0) is 54.2 Å². The molecule has 2 N–H and O–H groups in total. The van der Waals surface area contributed by atoms with Crippen LogP contribution < -0.4 is 9.47 Å². The minimum atomic E-state index is -0.307. The van der Waals surface area contributed by atoms with Crippen LogP contribution in [0.15, 0.2) is 36.4 Å². The van der Waals surface area contributed by atoms with E-state index in [1.165, 1.54) is 14.2 Å². The molecule has 0 unspecified atom stereocenters. The first-order chi connectivity index (χ1) is 15.4. The van der Waals surface area contributed by atoms with E-state index in [1.54, 1.807) is 24.3 Å². The molecular weight excluding hydrogens is 412 g/mol. The lowest BCUT2D eigenvalue weighted by Gasteiger charge is -2.24. The van der Waals surface area contributed by atoms with Crippen LogP contribution in [0.2, 0.25) is 0 Å². The summed E-state index contributed by atoms with van der Waals surface area (Å²) in [7, 11) is 3.02. The summed E-state index contributed by atoms with van der Waals surface area (Å²) in [4.78, 5) is 12.3. The number of ether oxygens (including phenoxy) is 4. The van der Waals surface area contributed by atoms with E-state index in [2.05, 4.69) is 0 Å². The third-order valence-electron chi connectivity index (χ3n) is 6.19. The Kier molecular flexibility index (Phi) is 7.85. The topological polar surface area (TPSA) is 94.5 Å². The van der Waals surface area contributed by atoms with Crippen LogP contribution in [0.1, 0.15) is 37.5 Å². The van der Waals surface area contributed by atoms with Gasteiger partial charge in [-0.2, -0.15) is 0 Å². The molecule has 0 bridgehead atoms. The highest BCUT2D eigenvalue weighted by molar-refractivity contribution is 5.71. The number of methoxy groups -OCH3 is 2. The lowest BCUT2D eigenvalue weighted by molar-refractivity contribution is -0.150. The van der Waals surface area contributed by atoms with Gasteiger partial charge in [0.25, 0.3) is 0 Å². The van der Waals surface area contributed by atoms with E-state index in [1.807, 2.05) is 26.0 Å². The lowest BCUT2D eigenvalue weighted by Crippen LogP contribution is -2.26. The van der Waals surface area contributed by atoms with Crippen LogP contribution in [0, 0.1) is 17.8 Å². The summed E-state index contributed by atoms with van der Waals surface area (Å²) in [6.45, 7) is 4.53. The smallest absolute Gasteiger partial charge is 0.308 e. The molecule has 4 atom stereocenters. The van der Waals surface area contributed by atoms with Crippen LogP contribution in [0.4, 0.5) is 0 Å². The van der Waals surface area contributed by atoms with Gasteiger partial charge in [-0.3, -0.25) is 4.79 Å². The molecule has 0 amide bonds. The van der Waals surface area contributed by atoms with Crippen LogP contribution in [-0.4, -0.2) is 43.6 Å². The van der Waals surface area contributed by atoms with E-state index in [9.17, 15) is 15.0 Å². The van der Waals surface area contributed by atoms with Crippen molar-refractivity contribution in [3.05, 3.63) is 47.5 Å². The Labute approximate surface area is 188 Å². The monoisotopic (exact) mass is 444 g/mol. The summed E-state index contributed by atoms with van der Waals surface area (Å²) in [6, 6.07) is 10.4. The number of phenolic OH excluding ortho intramolecular Hbond substituents is 2. The van der Waals surface area contributed by atoms with E-state index < -0.39 is 0 Å². The van der Waals surface area contributed by atoms with Gasteiger partial charge in [-0.1, -0.05) is 26.0 Å². The molecule has 1 saturated heterocycles. The van der Waals surface area contributed by atoms with Crippen LogP contribution >= 0.6 is 0 Å². The second-order valence-corrected chi connectivity index (χ2v) is 8.26. The molecule has 0 spiro atoms. The van der Waals surface area contributed by atoms with Crippen molar-refractivity contribution in [2.75, 3.05) is 27.4 Å². The predicted octanol–water partition coefficient (Wildman–Crippen LogP) is 4.25. The Bertz CT molecular complexity index is 927. The predicted molar refractivity (Wildman–Crippen MR) is 119 cm³/mol. The largest absolute Gasteiger partial charge is 0.504 e. The molecule has 32 heavy (non-hydrogen) atoms. The van der Waals surface area contributed by atoms with Crippen molar-refractivity contribution >= 4 is 5.97 Å². The number of esters is 1. The normalized spacial score (nSPS) is 21.2. The molecule has 1 aliphatic heterocycles. The summed E-state index contributed by atoms with van der Waals surface area (Å²) < 4.78 is 22.3. The molecule has 7 heteroatoms. The van der Waals surface area contributed by atoms with E-state index >= 15 is 0 Å². The fourth-order valence-corrected chi connectivity index (χ4v) is 4.01. The van der Waals surface area contributed by atoms with Crippen molar-refractivity contribution in [2.24, 2.45) is 17.8 Å². The van der Waals surface area contributed by atoms with E-state index in [4.69, 9.17) is 18.9 Å². The lowest BCUT2D eigenvalue weighted by atomic mass is 9.84. The van der Waals surface area contributed by atoms with Crippen LogP contribution in [0.3, 0.4) is 0 Å². The van der Waals surface area contributed by atoms with E-state index in [0.717, 1.165) is 17.5 Å². The number of hydrogen-bond donors (Lipinski definition) is 2. The third-order valence-corrected chi connectivity index (χ3v) is 6.19. The zero-order valence-electron chi connectivity index (χ0n) is 19.0. The molecule has 1 fully saturated rings. The number of carbonyl (C=O) groups is 1. The quantitative estimate of drug-likeness (QED) is 0.558. The standard InChI is InChI=1S/C25H32O7/c1-5-15(2)25(28)32-14-19-18(10-16-6-8-20(26)22(11-16)29-3)13-31-24(19)17-7-9-21(27)23(12-17)30-4/h6-9,11-12,15,18-19,24,26-27H,5,10,13-14H2,1-4H3/t15-,18-,19-,24+/m1/s1. The van der Waals surface area contributed by atoms with Gasteiger partial charge in [0.2, 0.25) is 0 Å². The summed E-state index contributed by atoms with van der Waals surface area (Å²) in [5.41, 5.74) is 1.85. The number of hydrogen-bond acceptors (Lipinski definition) is 7. The molecule has 0 radical (unpaired) electrons. The van der Waals surface area contributed by atoms with Crippen LogP contribution in [-0.2, 0) is 20.7 Å². The van der Waals surface area contributed by atoms with Gasteiger partial charge in [0.15, 0.2) is 23.0 Å². The average molecular weight is 445 g/mol. The Morgan fingerprint density at radius 3 is 2.41 bits per heavy atom. The number of carbonyl (C=O) groups excluding carboxylic acids is 1. The van der Waals surface area contributed by atoms with Crippen molar-refractivity contribution in [1.82, 2.24) is 0 Å². The van der Waals surface area contributed by atoms with Crippen LogP contribution in [0.25, 0.3) is 0 Å². The maximum atomic E-state index is 12.3. The first kappa shape index (κ1) is 23.7. The second-order valence-electron chi connectivity index (χ2n) is 8.26. The van der Waals surface area contributed by atoms with Gasteiger partial charge >= 0.3 is 5.97 Å². The van der Waals surface area contributed by atoms with Crippen molar-refractivity contribution < 1.29 is 34.0 Å². The molecule has 0 aliphatic carbocycles. The third kappa shape index (κ3) is 5.27. The first-order valence-electron chi connectivity index (χ1n) is 10.9. The minimum absolute atomic E-state index is 0.0572. The number of rotatable bonds is 9. The SMILES string of the molecule is CC[C@@H](C)C(=O)OC[C@@H]1[C@H](Cc2ccc(O)c(OC)c2)CO[C@H]1c1ccc(O)c(OC)c1. The fraction of sp³-hybridized carbons (Fsp3) is 0.480. The fourth-order valence-electron chi connectivity index (χ4n) is 4.01. The summed E-state index contributed by atoms with van der Waals surface area (Å²) in [5, 5.41) is 19.9. The average Bonchev–Trinajstić information content (AvgIpc) is 3.20. The molecule has 174 valence electrons. The molecule has 2 aromatic carbocycles. The van der Waals surface area contributed by atoms with Gasteiger partial charge < -0.3 is 29.2 Å². The van der Waals surface area contributed by atoms with Gasteiger partial charge in [0, 0.05) is 5.92 Å². The Balaban J connectivity index is 1.84. The van der Waals surface area contributed by atoms with Crippen molar-refractivity contribution in [1.29, 1.82) is 0 Å². The summed E-state index contributed by atoms with van der Waals surface area (Å²) >= 11 is 0. The second kappa shape index (κ2) is 10.6. The van der Waals surface area contributed by atoms with Gasteiger partial charge in [-0.15, -0.1) is 0 Å². The minimum Gasteiger partial charge on any atom is -0.504 e. The van der Waals surface area contributed by atoms with Gasteiger partial charge in [-0.25, -0.2) is 0 Å². The first-order valence-corrected chi connectivity index (χ1v) is 10.9. The molecule has 1 heterocycles. The molecule has 1 aliphatic rings. The molecule has 0 aromatic heterocycles. The highest BCUT2D eigenvalue weighted by Crippen LogP contribution is 2.43. The molecule has 3 rings (SSSR count). The maximum absolute atomic E-state index is 12.3. The molecular formula is C25H32O7. The maximum Gasteiger partial charge on any atom is 0.308 e. The van der Waals surface area contributed by atoms with Crippen LogP contribution in [0.5, 0.6) is 23.0 Å². The number of phenols is 2. The molecule has 0 saturated carbocycles.